The Balaban J connectivity index is -0.00000112. The van der Waals surface area contributed by atoms with Crippen molar-refractivity contribution in [2.24, 2.45) is 5.73 Å². The second kappa shape index (κ2) is 10.3. The van der Waals surface area contributed by atoms with Crippen LogP contribution in [0.1, 0.15) is 25.7 Å². The van der Waals surface area contributed by atoms with Gasteiger partial charge in [0.05, 0.1) is 55.4 Å². The molecule has 0 atom stereocenters. The summed E-state index contributed by atoms with van der Waals surface area (Å²) in [6, 6.07) is 0.401. The molecule has 0 bridgehead atoms. The lowest BCUT2D eigenvalue weighted by atomic mass is 10.1. The van der Waals surface area contributed by atoms with E-state index in [9.17, 15) is 0 Å². The Kier molecular flexibility index (Phi) is 13.4. The van der Waals surface area contributed by atoms with Crippen LogP contribution in [0.15, 0.2) is 0 Å². The first kappa shape index (κ1) is 23.5. The summed E-state index contributed by atoms with van der Waals surface area (Å²) >= 11 is 0. The Hall–Kier alpha value is 0.460. The quantitative estimate of drug-likeness (QED) is 0.448. The van der Waals surface area contributed by atoms with E-state index in [0.29, 0.717) is 6.04 Å². The lowest BCUT2D eigenvalue weighted by Gasteiger charge is -2.25. The van der Waals surface area contributed by atoms with Crippen LogP contribution in [0.3, 0.4) is 0 Å². The third-order valence-electron chi connectivity index (χ3n) is 2.81. The molecule has 0 aliphatic carbocycles. The summed E-state index contributed by atoms with van der Waals surface area (Å²) in [7, 11) is 13.4. The van der Waals surface area contributed by atoms with Gasteiger partial charge in [-0.1, -0.05) is 0 Å². The zero-order chi connectivity index (χ0) is 12.8. The van der Waals surface area contributed by atoms with Crippen molar-refractivity contribution < 1.29 is 33.8 Å². The van der Waals surface area contributed by atoms with Crippen LogP contribution in [0.25, 0.3) is 0 Å². The van der Waals surface area contributed by atoms with Crippen molar-refractivity contribution in [1.82, 2.24) is 0 Å². The molecule has 2 N–H and O–H groups in total. The Morgan fingerprint density at radius 3 is 1.22 bits per heavy atom. The summed E-state index contributed by atoms with van der Waals surface area (Å²) < 4.78 is 2.09. The maximum Gasteiger partial charge on any atom is 0.0781 e. The van der Waals surface area contributed by atoms with Gasteiger partial charge in [0.25, 0.3) is 0 Å². The molecule has 0 aliphatic heterocycles. The van der Waals surface area contributed by atoms with Crippen molar-refractivity contribution >= 4 is 0 Å². The molecule has 0 fully saturated rings. The highest BCUT2D eigenvalue weighted by molar-refractivity contribution is 4.60. The molecule has 0 rings (SSSR count). The fourth-order valence-corrected chi connectivity index (χ4v) is 1.80. The molecule has 114 valence electrons. The molecule has 0 saturated heterocycles. The number of hydrogen-bond donors (Lipinski definition) is 1. The summed E-state index contributed by atoms with van der Waals surface area (Å²) in [5.41, 5.74) is 6.12. The third-order valence-corrected chi connectivity index (χ3v) is 2.81. The summed E-state index contributed by atoms with van der Waals surface area (Å²) in [4.78, 5) is 0. The molecule has 0 aliphatic rings. The fourth-order valence-electron chi connectivity index (χ4n) is 1.80. The van der Waals surface area contributed by atoms with Crippen LogP contribution in [-0.4, -0.2) is 70.4 Å². The average Bonchev–Trinajstić information content (AvgIpc) is 1.98. The van der Waals surface area contributed by atoms with Gasteiger partial charge in [-0.3, -0.25) is 0 Å². The van der Waals surface area contributed by atoms with E-state index in [1.165, 1.54) is 38.8 Å². The zero-order valence-electron chi connectivity index (χ0n) is 13.0. The van der Waals surface area contributed by atoms with E-state index in [1.54, 1.807) is 0 Å². The maximum atomic E-state index is 6.12. The fraction of sp³-hybridized carbons (Fsp3) is 1.00. The minimum absolute atomic E-state index is 0. The van der Waals surface area contributed by atoms with Crippen LogP contribution in [0, 0.1) is 0 Å². The van der Waals surface area contributed by atoms with Crippen LogP contribution in [0.5, 0.6) is 0 Å². The monoisotopic (exact) mass is 301 g/mol. The van der Waals surface area contributed by atoms with Gasteiger partial charge in [-0.05, 0) is 25.7 Å². The van der Waals surface area contributed by atoms with Gasteiger partial charge in [0.2, 0.25) is 0 Å². The second-order valence-electron chi connectivity index (χ2n) is 7.07. The zero-order valence-corrected chi connectivity index (χ0v) is 14.6. The number of rotatable bonds is 8. The number of quaternary nitrogens is 2. The first-order valence-electron chi connectivity index (χ1n) is 6.47. The highest BCUT2D eigenvalue weighted by atomic mass is 35.5. The highest BCUT2D eigenvalue weighted by Gasteiger charge is 2.11. The van der Waals surface area contributed by atoms with Gasteiger partial charge >= 0.3 is 0 Å². The first-order chi connectivity index (χ1) is 7.10. The molecule has 0 radical (unpaired) electrons. The average molecular weight is 302 g/mol. The van der Waals surface area contributed by atoms with Crippen molar-refractivity contribution in [3.8, 4) is 0 Å². The van der Waals surface area contributed by atoms with Crippen molar-refractivity contribution in [3.63, 3.8) is 0 Å². The molecule has 5 heteroatoms. The second-order valence-corrected chi connectivity index (χ2v) is 7.07. The molecule has 0 aromatic rings. The Morgan fingerprint density at radius 2 is 1.00 bits per heavy atom. The van der Waals surface area contributed by atoms with Crippen LogP contribution in [-0.2, 0) is 0 Å². The molecule has 0 heterocycles. The predicted octanol–water partition coefficient (Wildman–Crippen LogP) is -4.71. The van der Waals surface area contributed by atoms with Crippen molar-refractivity contribution in [2.45, 2.75) is 31.7 Å². The topological polar surface area (TPSA) is 26.0 Å². The Labute approximate surface area is 127 Å². The standard InChI is InChI=1S/C13H33N3.2ClH/c1-15(2,3)11-7-9-13(14)10-8-12-16(4,5)6;;/h13H,7-12,14H2,1-6H3;2*1H/q+2;;/p-2. The molecular weight excluding hydrogens is 269 g/mol. The van der Waals surface area contributed by atoms with Crippen LogP contribution in [0.2, 0.25) is 0 Å². The van der Waals surface area contributed by atoms with Crippen molar-refractivity contribution in [3.05, 3.63) is 0 Å². The largest absolute Gasteiger partial charge is 1.00 e. The summed E-state index contributed by atoms with van der Waals surface area (Å²) in [6.45, 7) is 2.45. The molecule has 0 aromatic heterocycles. The van der Waals surface area contributed by atoms with Crippen molar-refractivity contribution in [1.29, 1.82) is 0 Å². The van der Waals surface area contributed by atoms with Gasteiger partial charge in [-0.15, -0.1) is 0 Å². The predicted molar refractivity (Wildman–Crippen MR) is 72.2 cm³/mol. The van der Waals surface area contributed by atoms with Crippen LogP contribution >= 0.6 is 0 Å². The molecule has 0 aromatic carbocycles. The highest BCUT2D eigenvalue weighted by Crippen LogP contribution is 2.06. The summed E-state index contributed by atoms with van der Waals surface area (Å²) in [6.07, 6.45) is 4.84. The lowest BCUT2D eigenvalue weighted by molar-refractivity contribution is -0.870. The van der Waals surface area contributed by atoms with Gasteiger partial charge in [-0.25, -0.2) is 0 Å². The van der Waals surface area contributed by atoms with E-state index in [4.69, 9.17) is 5.73 Å². The summed E-state index contributed by atoms with van der Waals surface area (Å²) in [5, 5.41) is 0. The lowest BCUT2D eigenvalue weighted by Crippen LogP contribution is -3.00. The maximum absolute atomic E-state index is 6.12. The Morgan fingerprint density at radius 1 is 0.722 bits per heavy atom. The van der Waals surface area contributed by atoms with E-state index in [1.807, 2.05) is 0 Å². The van der Waals surface area contributed by atoms with Gasteiger partial charge in [-0.2, -0.15) is 0 Å². The number of halogens is 2. The molecule has 18 heavy (non-hydrogen) atoms. The molecule has 0 amide bonds. The van der Waals surface area contributed by atoms with E-state index >= 15 is 0 Å². The molecular formula is C13H33Cl2N3. The Bertz CT molecular complexity index is 166. The van der Waals surface area contributed by atoms with Gasteiger partial charge in [0.1, 0.15) is 0 Å². The van der Waals surface area contributed by atoms with E-state index in [-0.39, 0.29) is 24.8 Å². The first-order valence-corrected chi connectivity index (χ1v) is 6.47. The minimum Gasteiger partial charge on any atom is -1.00 e. The molecule has 0 saturated carbocycles. The van der Waals surface area contributed by atoms with Crippen LogP contribution in [0.4, 0.5) is 0 Å². The van der Waals surface area contributed by atoms with Crippen LogP contribution < -0.4 is 30.5 Å². The summed E-state index contributed by atoms with van der Waals surface area (Å²) in [5.74, 6) is 0. The van der Waals surface area contributed by atoms with E-state index < -0.39 is 0 Å². The number of nitrogens with two attached hydrogens (primary N) is 1. The van der Waals surface area contributed by atoms with Gasteiger partial charge < -0.3 is 39.5 Å². The number of nitrogens with zero attached hydrogens (tertiary/aromatic N) is 2. The smallest absolute Gasteiger partial charge is 0.0781 e. The number of hydrogen-bond acceptors (Lipinski definition) is 1. The van der Waals surface area contributed by atoms with E-state index in [2.05, 4.69) is 42.3 Å². The van der Waals surface area contributed by atoms with Crippen molar-refractivity contribution in [2.75, 3.05) is 55.4 Å². The molecule has 0 unspecified atom stereocenters. The van der Waals surface area contributed by atoms with Gasteiger partial charge in [0.15, 0.2) is 0 Å². The molecule has 3 nitrogen and oxygen atoms in total. The van der Waals surface area contributed by atoms with E-state index in [0.717, 1.165) is 8.97 Å². The van der Waals surface area contributed by atoms with Gasteiger partial charge in [0, 0.05) is 6.04 Å². The normalized spacial score (nSPS) is 12.0. The third kappa shape index (κ3) is 18.8. The SMILES string of the molecule is C[N+](C)(C)CCCC(N)CCC[N+](C)(C)C.[Cl-].[Cl-]. The minimum atomic E-state index is 0. The molecule has 0 spiro atoms.